The molecule has 1 heterocycles. The molecule has 3 heteroatoms. The Morgan fingerprint density at radius 3 is 2.57 bits per heavy atom. The quantitative estimate of drug-likeness (QED) is 0.792. The summed E-state index contributed by atoms with van der Waals surface area (Å²) in [6, 6.07) is 2.07. The van der Waals surface area contributed by atoms with E-state index in [2.05, 4.69) is 36.8 Å². The Balaban J connectivity index is 2.78. The molecule has 1 aromatic heterocycles. The van der Waals surface area contributed by atoms with E-state index < -0.39 is 0 Å². The zero-order valence-electron chi connectivity index (χ0n) is 9.20. The van der Waals surface area contributed by atoms with Gasteiger partial charge < -0.3 is 5.73 Å². The van der Waals surface area contributed by atoms with Crippen LogP contribution in [0.5, 0.6) is 0 Å². The third-order valence-electron chi connectivity index (χ3n) is 2.22. The molecular formula is C11H19N3. The highest BCUT2D eigenvalue weighted by atomic mass is 14.8. The summed E-state index contributed by atoms with van der Waals surface area (Å²) in [4.78, 5) is 8.47. The van der Waals surface area contributed by atoms with Crippen molar-refractivity contribution in [3.05, 3.63) is 23.8 Å². The summed E-state index contributed by atoms with van der Waals surface area (Å²) in [5, 5.41) is 0. The molecule has 0 spiro atoms. The predicted molar refractivity (Wildman–Crippen MR) is 58.0 cm³/mol. The van der Waals surface area contributed by atoms with Crippen LogP contribution in [0.2, 0.25) is 0 Å². The Bertz CT molecular complexity index is 284. The average Bonchev–Trinajstić information content (AvgIpc) is 2.16. The fourth-order valence-electron chi connectivity index (χ4n) is 1.34. The molecule has 1 rings (SSSR count). The molecule has 0 saturated heterocycles. The van der Waals surface area contributed by atoms with Crippen LogP contribution in [0.3, 0.4) is 0 Å². The lowest BCUT2D eigenvalue weighted by Gasteiger charge is -2.09. The van der Waals surface area contributed by atoms with Crippen LogP contribution in [-0.4, -0.2) is 16.5 Å². The van der Waals surface area contributed by atoms with Gasteiger partial charge in [0.2, 0.25) is 0 Å². The second-order valence-corrected chi connectivity index (χ2v) is 4.17. The van der Waals surface area contributed by atoms with Crippen LogP contribution in [0.15, 0.2) is 12.4 Å². The van der Waals surface area contributed by atoms with E-state index in [-0.39, 0.29) is 0 Å². The van der Waals surface area contributed by atoms with Crippen LogP contribution in [0, 0.1) is 5.92 Å². The van der Waals surface area contributed by atoms with E-state index in [1.807, 2.05) is 0 Å². The van der Waals surface area contributed by atoms with Gasteiger partial charge in [-0.15, -0.1) is 0 Å². The van der Waals surface area contributed by atoms with Crippen molar-refractivity contribution in [2.45, 2.75) is 33.1 Å². The smallest absolute Gasteiger partial charge is 0.115 e. The zero-order chi connectivity index (χ0) is 10.6. The lowest BCUT2D eigenvalue weighted by molar-refractivity contribution is 0.629. The summed E-state index contributed by atoms with van der Waals surface area (Å²) in [7, 11) is 0. The van der Waals surface area contributed by atoms with Gasteiger partial charge in [0.25, 0.3) is 0 Å². The van der Waals surface area contributed by atoms with E-state index >= 15 is 0 Å². The Hall–Kier alpha value is -0.960. The second-order valence-electron chi connectivity index (χ2n) is 4.17. The monoisotopic (exact) mass is 193 g/mol. The lowest BCUT2D eigenvalue weighted by atomic mass is 10.0. The van der Waals surface area contributed by atoms with Crippen molar-refractivity contribution in [2.24, 2.45) is 11.7 Å². The molecule has 0 fully saturated rings. The normalized spacial score (nSPS) is 13.2. The van der Waals surface area contributed by atoms with Crippen LogP contribution in [-0.2, 0) is 6.42 Å². The largest absolute Gasteiger partial charge is 0.330 e. The number of nitrogens with two attached hydrogens (primary N) is 1. The molecule has 0 bridgehead atoms. The number of rotatable bonds is 4. The molecule has 14 heavy (non-hydrogen) atoms. The Labute approximate surface area is 85.8 Å². The van der Waals surface area contributed by atoms with Crippen LogP contribution in [0.4, 0.5) is 0 Å². The summed E-state index contributed by atoms with van der Waals surface area (Å²) in [6.45, 7) is 7.10. The number of nitrogens with zero attached hydrogens (tertiary/aromatic N) is 2. The Morgan fingerprint density at radius 1 is 1.29 bits per heavy atom. The highest BCUT2D eigenvalue weighted by Gasteiger charge is 2.06. The van der Waals surface area contributed by atoms with Crippen molar-refractivity contribution in [1.82, 2.24) is 9.97 Å². The van der Waals surface area contributed by atoms with Gasteiger partial charge in [-0.25, -0.2) is 9.97 Å². The zero-order valence-corrected chi connectivity index (χ0v) is 9.20. The van der Waals surface area contributed by atoms with E-state index in [0.29, 0.717) is 18.4 Å². The molecule has 0 aliphatic rings. The van der Waals surface area contributed by atoms with Gasteiger partial charge in [-0.3, -0.25) is 0 Å². The van der Waals surface area contributed by atoms with E-state index in [0.717, 1.165) is 17.8 Å². The molecule has 1 atom stereocenters. The molecule has 1 unspecified atom stereocenters. The second kappa shape index (κ2) is 5.05. The first-order chi connectivity index (χ1) is 6.63. The first-order valence-electron chi connectivity index (χ1n) is 5.14. The number of hydrogen-bond donors (Lipinski definition) is 1. The van der Waals surface area contributed by atoms with Crippen molar-refractivity contribution < 1.29 is 0 Å². The van der Waals surface area contributed by atoms with Gasteiger partial charge in [-0.05, 0) is 18.4 Å². The summed E-state index contributed by atoms with van der Waals surface area (Å²) in [6.07, 6.45) is 2.64. The van der Waals surface area contributed by atoms with Crippen LogP contribution in [0.1, 0.15) is 38.1 Å². The molecule has 0 saturated carbocycles. The van der Waals surface area contributed by atoms with E-state index in [4.69, 9.17) is 5.73 Å². The average molecular weight is 193 g/mol. The molecular weight excluding hydrogens is 174 g/mol. The number of hydrogen-bond acceptors (Lipinski definition) is 3. The van der Waals surface area contributed by atoms with Gasteiger partial charge in [0.05, 0.1) is 0 Å². The highest BCUT2D eigenvalue weighted by molar-refractivity contribution is 5.12. The van der Waals surface area contributed by atoms with Gasteiger partial charge in [-0.2, -0.15) is 0 Å². The van der Waals surface area contributed by atoms with E-state index in [1.54, 1.807) is 6.33 Å². The fraction of sp³-hybridized carbons (Fsp3) is 0.636. The minimum absolute atomic E-state index is 0.323. The maximum absolute atomic E-state index is 5.59. The standard InChI is InChI=1S/C11H19N3/c1-8(2)4-10-5-11(9(3)6-12)14-7-13-10/h5,7-9H,4,6,12H2,1-3H3. The van der Waals surface area contributed by atoms with Gasteiger partial charge >= 0.3 is 0 Å². The lowest BCUT2D eigenvalue weighted by Crippen LogP contribution is -2.11. The maximum atomic E-state index is 5.59. The van der Waals surface area contributed by atoms with Gasteiger partial charge in [0, 0.05) is 23.9 Å². The number of aromatic nitrogens is 2. The molecule has 0 amide bonds. The fourth-order valence-corrected chi connectivity index (χ4v) is 1.34. The molecule has 2 N–H and O–H groups in total. The van der Waals surface area contributed by atoms with Gasteiger partial charge in [0.15, 0.2) is 0 Å². The molecule has 0 aromatic carbocycles. The SMILES string of the molecule is CC(C)Cc1cc(C(C)CN)ncn1. The van der Waals surface area contributed by atoms with Crippen molar-refractivity contribution in [3.63, 3.8) is 0 Å². The van der Waals surface area contributed by atoms with Crippen molar-refractivity contribution in [2.75, 3.05) is 6.54 Å². The van der Waals surface area contributed by atoms with Crippen LogP contribution in [0.25, 0.3) is 0 Å². The predicted octanol–water partition coefficient (Wildman–Crippen LogP) is 1.74. The molecule has 0 radical (unpaired) electrons. The van der Waals surface area contributed by atoms with Crippen molar-refractivity contribution >= 4 is 0 Å². The Morgan fingerprint density at radius 2 is 2.00 bits per heavy atom. The first kappa shape index (κ1) is 11.1. The molecule has 1 aromatic rings. The first-order valence-corrected chi connectivity index (χ1v) is 5.14. The minimum atomic E-state index is 0.323. The molecule has 78 valence electrons. The van der Waals surface area contributed by atoms with Crippen molar-refractivity contribution in [1.29, 1.82) is 0 Å². The van der Waals surface area contributed by atoms with Gasteiger partial charge in [0.1, 0.15) is 6.33 Å². The molecule has 3 nitrogen and oxygen atoms in total. The minimum Gasteiger partial charge on any atom is -0.330 e. The van der Waals surface area contributed by atoms with Crippen LogP contribution >= 0.6 is 0 Å². The summed E-state index contributed by atoms with van der Waals surface area (Å²) >= 11 is 0. The third kappa shape index (κ3) is 3.07. The highest BCUT2D eigenvalue weighted by Crippen LogP contribution is 2.12. The topological polar surface area (TPSA) is 51.8 Å². The summed E-state index contributed by atoms with van der Waals surface area (Å²) < 4.78 is 0. The molecule has 0 aliphatic carbocycles. The van der Waals surface area contributed by atoms with Gasteiger partial charge in [-0.1, -0.05) is 20.8 Å². The maximum Gasteiger partial charge on any atom is 0.115 e. The van der Waals surface area contributed by atoms with Crippen molar-refractivity contribution in [3.8, 4) is 0 Å². The molecule has 0 aliphatic heterocycles. The summed E-state index contributed by atoms with van der Waals surface area (Å²) in [5.74, 6) is 0.954. The van der Waals surface area contributed by atoms with E-state index in [1.165, 1.54) is 0 Å². The Kier molecular flexibility index (Phi) is 4.01. The van der Waals surface area contributed by atoms with E-state index in [9.17, 15) is 0 Å². The third-order valence-corrected chi connectivity index (χ3v) is 2.22. The van der Waals surface area contributed by atoms with Crippen LogP contribution < -0.4 is 5.73 Å². The summed E-state index contributed by atoms with van der Waals surface area (Å²) in [5.41, 5.74) is 7.76.